The molecular weight excluding hydrogens is 230 g/mol. The number of nitrogens with one attached hydrogen (secondary N) is 1. The molecule has 2 heterocycles. The number of furan rings is 2. The Morgan fingerprint density at radius 1 is 1.28 bits per heavy atom. The van der Waals surface area contributed by atoms with Gasteiger partial charge in [0.25, 0.3) is 0 Å². The highest BCUT2D eigenvalue weighted by Gasteiger charge is 2.07. The standard InChI is InChI=1S/C14H19NO3/c1-3-15-8-12-7-14(18-11(12)2)10-16-9-13-5-4-6-17-13/h4-7,15H,3,8-10H2,1-2H3. The first-order chi connectivity index (χ1) is 8.79. The Morgan fingerprint density at radius 2 is 2.11 bits per heavy atom. The maximum absolute atomic E-state index is 5.64. The fourth-order valence-electron chi connectivity index (χ4n) is 1.74. The maximum atomic E-state index is 5.64. The first-order valence-electron chi connectivity index (χ1n) is 6.18. The Labute approximate surface area is 107 Å². The zero-order valence-electron chi connectivity index (χ0n) is 10.9. The van der Waals surface area contributed by atoms with Crippen molar-refractivity contribution in [2.45, 2.75) is 33.6 Å². The molecule has 0 aliphatic carbocycles. The van der Waals surface area contributed by atoms with Gasteiger partial charge < -0.3 is 18.9 Å². The lowest BCUT2D eigenvalue weighted by Crippen LogP contribution is -2.11. The molecule has 0 bridgehead atoms. The Bertz CT molecular complexity index is 459. The molecule has 0 atom stereocenters. The first kappa shape index (κ1) is 12.9. The maximum Gasteiger partial charge on any atom is 0.130 e. The van der Waals surface area contributed by atoms with Crippen LogP contribution in [0.4, 0.5) is 0 Å². The third-order valence-electron chi connectivity index (χ3n) is 2.71. The summed E-state index contributed by atoms with van der Waals surface area (Å²) in [5, 5.41) is 3.28. The minimum atomic E-state index is 0.466. The van der Waals surface area contributed by atoms with Gasteiger partial charge in [0.15, 0.2) is 0 Å². The minimum Gasteiger partial charge on any atom is -0.467 e. The summed E-state index contributed by atoms with van der Waals surface area (Å²) >= 11 is 0. The highest BCUT2D eigenvalue weighted by atomic mass is 16.5. The fourth-order valence-corrected chi connectivity index (χ4v) is 1.74. The number of hydrogen-bond donors (Lipinski definition) is 1. The molecule has 4 heteroatoms. The molecule has 0 amide bonds. The second-order valence-corrected chi connectivity index (χ2v) is 4.15. The van der Waals surface area contributed by atoms with Crippen molar-refractivity contribution in [3.05, 3.63) is 47.3 Å². The van der Waals surface area contributed by atoms with E-state index in [9.17, 15) is 0 Å². The Balaban J connectivity index is 1.82. The van der Waals surface area contributed by atoms with Crippen LogP contribution in [-0.4, -0.2) is 6.54 Å². The average Bonchev–Trinajstić information content (AvgIpc) is 2.97. The van der Waals surface area contributed by atoms with Gasteiger partial charge in [0.05, 0.1) is 6.26 Å². The zero-order chi connectivity index (χ0) is 12.8. The van der Waals surface area contributed by atoms with Gasteiger partial charge in [-0.3, -0.25) is 0 Å². The predicted molar refractivity (Wildman–Crippen MR) is 68.0 cm³/mol. The molecule has 2 rings (SSSR count). The smallest absolute Gasteiger partial charge is 0.130 e. The van der Waals surface area contributed by atoms with E-state index in [1.807, 2.05) is 25.1 Å². The van der Waals surface area contributed by atoms with Crippen LogP contribution in [0.1, 0.15) is 29.8 Å². The molecular formula is C14H19NO3. The van der Waals surface area contributed by atoms with Crippen molar-refractivity contribution >= 4 is 0 Å². The van der Waals surface area contributed by atoms with E-state index in [0.717, 1.165) is 30.4 Å². The van der Waals surface area contributed by atoms with Gasteiger partial charge in [-0.15, -0.1) is 0 Å². The van der Waals surface area contributed by atoms with Crippen LogP contribution in [0.2, 0.25) is 0 Å². The second-order valence-electron chi connectivity index (χ2n) is 4.15. The summed E-state index contributed by atoms with van der Waals surface area (Å²) in [5.74, 6) is 2.63. The molecule has 2 aromatic heterocycles. The van der Waals surface area contributed by atoms with Crippen molar-refractivity contribution in [2.24, 2.45) is 0 Å². The van der Waals surface area contributed by atoms with Gasteiger partial charge in [-0.25, -0.2) is 0 Å². The summed E-state index contributed by atoms with van der Waals surface area (Å²) in [4.78, 5) is 0. The minimum absolute atomic E-state index is 0.466. The van der Waals surface area contributed by atoms with E-state index in [0.29, 0.717) is 13.2 Å². The average molecular weight is 249 g/mol. The van der Waals surface area contributed by atoms with Gasteiger partial charge in [0.1, 0.15) is 30.5 Å². The first-order valence-corrected chi connectivity index (χ1v) is 6.18. The number of ether oxygens (including phenoxy) is 1. The zero-order valence-corrected chi connectivity index (χ0v) is 10.9. The fraction of sp³-hybridized carbons (Fsp3) is 0.429. The monoisotopic (exact) mass is 249 g/mol. The normalized spacial score (nSPS) is 11.0. The van der Waals surface area contributed by atoms with Crippen LogP contribution >= 0.6 is 0 Å². The van der Waals surface area contributed by atoms with Crippen LogP contribution in [0.15, 0.2) is 33.3 Å². The van der Waals surface area contributed by atoms with Gasteiger partial charge in [0, 0.05) is 12.1 Å². The van der Waals surface area contributed by atoms with E-state index in [2.05, 4.69) is 12.2 Å². The third-order valence-corrected chi connectivity index (χ3v) is 2.71. The molecule has 4 nitrogen and oxygen atoms in total. The molecule has 18 heavy (non-hydrogen) atoms. The van der Waals surface area contributed by atoms with E-state index < -0.39 is 0 Å². The van der Waals surface area contributed by atoms with E-state index in [-0.39, 0.29) is 0 Å². The predicted octanol–water partition coefficient (Wildman–Crippen LogP) is 3.01. The largest absolute Gasteiger partial charge is 0.467 e. The molecule has 0 aromatic carbocycles. The summed E-state index contributed by atoms with van der Waals surface area (Å²) in [7, 11) is 0. The van der Waals surface area contributed by atoms with Gasteiger partial charge in [-0.2, -0.15) is 0 Å². The lowest BCUT2D eigenvalue weighted by Gasteiger charge is -1.98. The summed E-state index contributed by atoms with van der Waals surface area (Å²) in [5.41, 5.74) is 1.19. The highest BCUT2D eigenvalue weighted by molar-refractivity contribution is 5.20. The summed E-state index contributed by atoms with van der Waals surface area (Å²) in [6.45, 7) is 6.79. The Hall–Kier alpha value is -1.52. The molecule has 0 aliphatic heterocycles. The molecule has 98 valence electrons. The number of rotatable bonds is 7. The lowest BCUT2D eigenvalue weighted by molar-refractivity contribution is 0.0798. The van der Waals surface area contributed by atoms with Crippen LogP contribution < -0.4 is 5.32 Å². The highest BCUT2D eigenvalue weighted by Crippen LogP contribution is 2.16. The molecule has 0 spiro atoms. The molecule has 0 saturated carbocycles. The second kappa shape index (κ2) is 6.42. The van der Waals surface area contributed by atoms with Crippen molar-refractivity contribution in [3.63, 3.8) is 0 Å². The van der Waals surface area contributed by atoms with E-state index in [1.54, 1.807) is 6.26 Å². The Kier molecular flexibility index (Phi) is 4.61. The quantitative estimate of drug-likeness (QED) is 0.819. The van der Waals surface area contributed by atoms with Crippen molar-refractivity contribution in [1.82, 2.24) is 5.32 Å². The summed E-state index contributed by atoms with van der Waals surface area (Å²) < 4.78 is 16.4. The molecule has 0 saturated heterocycles. The van der Waals surface area contributed by atoms with Crippen LogP contribution in [-0.2, 0) is 24.5 Å². The molecule has 0 aliphatic rings. The van der Waals surface area contributed by atoms with Crippen LogP contribution in [0.3, 0.4) is 0 Å². The molecule has 0 fully saturated rings. The van der Waals surface area contributed by atoms with Crippen LogP contribution in [0.5, 0.6) is 0 Å². The molecule has 0 unspecified atom stereocenters. The number of hydrogen-bond acceptors (Lipinski definition) is 4. The van der Waals surface area contributed by atoms with Crippen molar-refractivity contribution < 1.29 is 13.6 Å². The number of aryl methyl sites for hydroxylation is 1. The van der Waals surface area contributed by atoms with Crippen molar-refractivity contribution in [1.29, 1.82) is 0 Å². The Morgan fingerprint density at radius 3 is 2.83 bits per heavy atom. The van der Waals surface area contributed by atoms with E-state index in [4.69, 9.17) is 13.6 Å². The van der Waals surface area contributed by atoms with Gasteiger partial charge in [0.2, 0.25) is 0 Å². The van der Waals surface area contributed by atoms with Crippen LogP contribution in [0.25, 0.3) is 0 Å². The van der Waals surface area contributed by atoms with E-state index in [1.165, 1.54) is 5.56 Å². The molecule has 1 N–H and O–H groups in total. The van der Waals surface area contributed by atoms with Crippen LogP contribution in [0, 0.1) is 6.92 Å². The van der Waals surface area contributed by atoms with Crippen molar-refractivity contribution in [3.8, 4) is 0 Å². The molecule has 0 radical (unpaired) electrons. The summed E-state index contributed by atoms with van der Waals surface area (Å²) in [6, 6.07) is 5.79. The van der Waals surface area contributed by atoms with Crippen molar-refractivity contribution in [2.75, 3.05) is 6.54 Å². The summed E-state index contributed by atoms with van der Waals surface area (Å²) in [6.07, 6.45) is 1.64. The SMILES string of the molecule is CCNCc1cc(COCc2ccco2)oc1C. The van der Waals surface area contributed by atoms with E-state index >= 15 is 0 Å². The van der Waals surface area contributed by atoms with Gasteiger partial charge >= 0.3 is 0 Å². The van der Waals surface area contributed by atoms with Gasteiger partial charge in [-0.05, 0) is 31.7 Å². The topological polar surface area (TPSA) is 47.5 Å². The van der Waals surface area contributed by atoms with Gasteiger partial charge in [-0.1, -0.05) is 6.92 Å². The molecule has 2 aromatic rings. The lowest BCUT2D eigenvalue weighted by atomic mass is 10.2. The third kappa shape index (κ3) is 3.48.